The first-order valence-corrected chi connectivity index (χ1v) is 7.74. The number of alkyl halides is 3. The number of amides is 1. The highest BCUT2D eigenvalue weighted by molar-refractivity contribution is 5.85. The topological polar surface area (TPSA) is 66.5 Å². The first-order chi connectivity index (χ1) is 11.4. The molecule has 11 heteroatoms. The molecule has 0 saturated carbocycles. The van der Waals surface area contributed by atoms with Crippen LogP contribution in [-0.4, -0.2) is 66.8 Å². The van der Waals surface area contributed by atoms with Gasteiger partial charge in [-0.2, -0.15) is 13.2 Å². The first-order valence-electron chi connectivity index (χ1n) is 7.74. The second-order valence-electron chi connectivity index (χ2n) is 5.54. The summed E-state index contributed by atoms with van der Waals surface area (Å²) in [4.78, 5) is 17.2. The number of piperazine rings is 1. The number of nitrogens with one attached hydrogen (secondary N) is 2. The molecule has 1 aromatic rings. The van der Waals surface area contributed by atoms with E-state index in [1.54, 1.807) is 18.3 Å². The Balaban J connectivity index is 0.00000312. The van der Waals surface area contributed by atoms with Gasteiger partial charge in [0.1, 0.15) is 11.8 Å². The number of ether oxygens (including phenoxy) is 1. The van der Waals surface area contributed by atoms with Crippen LogP contribution in [0.2, 0.25) is 0 Å². The minimum absolute atomic E-state index is 0. The Kier molecular flexibility index (Phi) is 10.9. The molecule has 2 heterocycles. The van der Waals surface area contributed by atoms with Crippen LogP contribution in [0.1, 0.15) is 6.92 Å². The van der Waals surface area contributed by atoms with E-state index in [0.29, 0.717) is 31.9 Å². The molecular formula is C15H23Cl2F3N4O2. The zero-order valence-electron chi connectivity index (χ0n) is 14.2. The third-order valence-corrected chi connectivity index (χ3v) is 3.76. The van der Waals surface area contributed by atoms with E-state index in [-0.39, 0.29) is 24.8 Å². The van der Waals surface area contributed by atoms with E-state index in [0.717, 1.165) is 0 Å². The van der Waals surface area contributed by atoms with Gasteiger partial charge >= 0.3 is 6.18 Å². The highest BCUT2D eigenvalue weighted by Gasteiger charge is 2.44. The summed E-state index contributed by atoms with van der Waals surface area (Å²) in [6.07, 6.45) is -2.33. The number of rotatable bonds is 6. The summed E-state index contributed by atoms with van der Waals surface area (Å²) in [6.45, 7) is 2.57. The van der Waals surface area contributed by atoms with E-state index < -0.39 is 30.8 Å². The summed E-state index contributed by atoms with van der Waals surface area (Å²) in [5.74, 6) is -0.210. The molecule has 1 saturated heterocycles. The Bertz CT molecular complexity index is 531. The lowest BCUT2D eigenvalue weighted by atomic mass is 10.2. The molecule has 1 fully saturated rings. The van der Waals surface area contributed by atoms with Crippen molar-refractivity contribution in [3.05, 3.63) is 24.5 Å². The maximum absolute atomic E-state index is 13.3. The minimum atomic E-state index is -4.40. The normalized spacial score (nSPS) is 17.2. The molecule has 0 aliphatic carbocycles. The molecule has 0 aromatic carbocycles. The lowest BCUT2D eigenvalue weighted by Gasteiger charge is -2.36. The van der Waals surface area contributed by atoms with Crippen LogP contribution in [-0.2, 0) is 4.79 Å². The summed E-state index contributed by atoms with van der Waals surface area (Å²) in [7, 11) is 0. The number of hydrogen-bond donors (Lipinski definition) is 2. The van der Waals surface area contributed by atoms with Crippen molar-refractivity contribution in [1.29, 1.82) is 0 Å². The zero-order chi connectivity index (χ0) is 17.6. The van der Waals surface area contributed by atoms with Crippen LogP contribution in [0.15, 0.2) is 24.5 Å². The predicted molar refractivity (Wildman–Crippen MR) is 96.1 cm³/mol. The Morgan fingerprint density at radius 1 is 1.38 bits per heavy atom. The van der Waals surface area contributed by atoms with Crippen LogP contribution in [0.3, 0.4) is 0 Å². The number of carbonyl (C=O) groups excluding carboxylic acids is 1. The van der Waals surface area contributed by atoms with Gasteiger partial charge in [-0.1, -0.05) is 0 Å². The van der Waals surface area contributed by atoms with Gasteiger partial charge in [0.05, 0.1) is 6.20 Å². The van der Waals surface area contributed by atoms with Gasteiger partial charge in [0.25, 0.3) is 5.91 Å². The molecule has 2 unspecified atom stereocenters. The summed E-state index contributed by atoms with van der Waals surface area (Å²) < 4.78 is 45.1. The fourth-order valence-electron chi connectivity index (χ4n) is 2.46. The average Bonchev–Trinajstić information content (AvgIpc) is 2.55. The van der Waals surface area contributed by atoms with Crippen LogP contribution >= 0.6 is 24.8 Å². The van der Waals surface area contributed by atoms with Crippen LogP contribution in [0.4, 0.5) is 13.2 Å². The molecule has 0 radical (unpaired) electrons. The molecular weight excluding hydrogens is 396 g/mol. The number of pyridine rings is 1. The van der Waals surface area contributed by atoms with E-state index in [2.05, 4.69) is 15.6 Å². The van der Waals surface area contributed by atoms with E-state index in [9.17, 15) is 18.0 Å². The van der Waals surface area contributed by atoms with Crippen molar-refractivity contribution in [2.24, 2.45) is 0 Å². The molecule has 26 heavy (non-hydrogen) atoms. The van der Waals surface area contributed by atoms with Crippen molar-refractivity contribution in [1.82, 2.24) is 20.5 Å². The average molecular weight is 419 g/mol. The van der Waals surface area contributed by atoms with E-state index in [4.69, 9.17) is 4.74 Å². The van der Waals surface area contributed by atoms with Crippen molar-refractivity contribution in [2.45, 2.75) is 25.2 Å². The number of aromatic nitrogens is 1. The van der Waals surface area contributed by atoms with E-state index >= 15 is 0 Å². The van der Waals surface area contributed by atoms with Gasteiger partial charge in [-0.25, -0.2) is 0 Å². The predicted octanol–water partition coefficient (Wildman–Crippen LogP) is 1.64. The number of nitrogens with zero attached hydrogens (tertiary/aromatic N) is 2. The largest absolute Gasteiger partial charge is 0.479 e. The Morgan fingerprint density at radius 3 is 2.58 bits per heavy atom. The quantitative estimate of drug-likeness (QED) is 0.734. The SMILES string of the molecule is CC(Oc1cccnc1)C(=O)NCC(N1CCNCC1)C(F)(F)F.Cl.Cl. The maximum Gasteiger partial charge on any atom is 0.405 e. The second kappa shape index (κ2) is 11.4. The summed E-state index contributed by atoms with van der Waals surface area (Å²) >= 11 is 0. The van der Waals surface area contributed by atoms with Crippen molar-refractivity contribution in [2.75, 3.05) is 32.7 Å². The van der Waals surface area contributed by atoms with Gasteiger partial charge < -0.3 is 15.4 Å². The van der Waals surface area contributed by atoms with E-state index in [1.807, 2.05) is 0 Å². The van der Waals surface area contributed by atoms with Gasteiger partial charge in [0, 0.05) is 38.9 Å². The summed E-state index contributed by atoms with van der Waals surface area (Å²) in [5, 5.41) is 5.35. The third-order valence-electron chi connectivity index (χ3n) is 3.76. The van der Waals surface area contributed by atoms with Crippen LogP contribution < -0.4 is 15.4 Å². The highest BCUT2D eigenvalue weighted by atomic mass is 35.5. The molecule has 0 spiro atoms. The third kappa shape index (κ3) is 7.53. The van der Waals surface area contributed by atoms with Crippen LogP contribution in [0.25, 0.3) is 0 Å². The lowest BCUT2D eigenvalue weighted by molar-refractivity contribution is -0.184. The molecule has 1 aromatic heterocycles. The molecule has 0 bridgehead atoms. The number of carbonyl (C=O) groups is 1. The monoisotopic (exact) mass is 418 g/mol. The molecule has 1 amide bonds. The molecule has 6 nitrogen and oxygen atoms in total. The number of halogens is 5. The highest BCUT2D eigenvalue weighted by Crippen LogP contribution is 2.24. The smallest absolute Gasteiger partial charge is 0.405 e. The van der Waals surface area contributed by atoms with Crippen LogP contribution in [0.5, 0.6) is 5.75 Å². The number of hydrogen-bond acceptors (Lipinski definition) is 5. The Hall–Kier alpha value is -1.29. The standard InChI is InChI=1S/C15H21F3N4O2.2ClH/c1-11(24-12-3-2-4-20-9-12)14(23)21-10-13(15(16,17)18)22-7-5-19-6-8-22;;/h2-4,9,11,13,19H,5-8,10H2,1H3,(H,21,23);2*1H. The Labute approximate surface area is 162 Å². The maximum atomic E-state index is 13.3. The molecule has 2 N–H and O–H groups in total. The minimum Gasteiger partial charge on any atom is -0.479 e. The lowest BCUT2D eigenvalue weighted by Crippen LogP contribution is -2.58. The van der Waals surface area contributed by atoms with Crippen molar-refractivity contribution in [3.63, 3.8) is 0 Å². The summed E-state index contributed by atoms with van der Waals surface area (Å²) in [5.41, 5.74) is 0. The van der Waals surface area contributed by atoms with Gasteiger partial charge in [-0.05, 0) is 19.1 Å². The van der Waals surface area contributed by atoms with Gasteiger partial charge in [0.2, 0.25) is 0 Å². The van der Waals surface area contributed by atoms with Gasteiger partial charge in [-0.15, -0.1) is 24.8 Å². The molecule has 2 rings (SSSR count). The Morgan fingerprint density at radius 2 is 2.04 bits per heavy atom. The van der Waals surface area contributed by atoms with Crippen molar-refractivity contribution >= 4 is 30.7 Å². The fourth-order valence-corrected chi connectivity index (χ4v) is 2.46. The van der Waals surface area contributed by atoms with Crippen molar-refractivity contribution in [3.8, 4) is 5.75 Å². The molecule has 1 aliphatic rings. The molecule has 150 valence electrons. The second-order valence-corrected chi connectivity index (χ2v) is 5.54. The van der Waals surface area contributed by atoms with Crippen LogP contribution in [0, 0.1) is 0 Å². The summed E-state index contributed by atoms with van der Waals surface area (Å²) in [6, 6.07) is 1.56. The fraction of sp³-hybridized carbons (Fsp3) is 0.600. The zero-order valence-corrected chi connectivity index (χ0v) is 15.8. The molecule has 2 atom stereocenters. The molecule has 1 aliphatic heterocycles. The van der Waals surface area contributed by atoms with Crippen molar-refractivity contribution < 1.29 is 22.7 Å². The van der Waals surface area contributed by atoms with Gasteiger partial charge in [0.15, 0.2) is 6.10 Å². The van der Waals surface area contributed by atoms with E-state index in [1.165, 1.54) is 18.0 Å². The first kappa shape index (κ1) is 24.7. The van der Waals surface area contributed by atoms with Gasteiger partial charge in [-0.3, -0.25) is 14.7 Å².